The topological polar surface area (TPSA) is 105 Å². The van der Waals surface area contributed by atoms with Crippen molar-refractivity contribution in [2.75, 3.05) is 10.2 Å². The number of Topliss-reactive ketones (excluding diaryl/α,β-unsaturated/α-hetero) is 1. The summed E-state index contributed by atoms with van der Waals surface area (Å²) in [5.41, 5.74) is 6.08. The SMILES string of the molecule is CC(=O)NC1=CC(=[N+](c2ccc3ccccc3c2)c2ccc3ccccc3c2)C=C/C1=C1\C(=O)C(c2ccc(N(c3ccc4ccccc4c3)c3ccc4ccccc4c3)cc2NC(C)=O)=C1[O-]. The summed E-state index contributed by atoms with van der Waals surface area (Å²) in [6.45, 7) is 2.79. The van der Waals surface area contributed by atoms with E-state index in [0.29, 0.717) is 33.9 Å². The van der Waals surface area contributed by atoms with E-state index in [-0.39, 0.29) is 23.0 Å². The standard InChI is InChI=1S/C60H42N4O4/c1-37(65)61-55-35-51(63(47-23-19-39-11-3-7-15-43(39)31-47)48-24-20-40-12-4-8-16-44(40)32-48)27-29-53(55)57-59(67)58(60(57)68)54-30-28-52(36-56(54)62-38(2)66)64(49-25-21-41-13-5-9-17-45(41)33-49)50-26-22-42-14-6-10-18-46(42)34-50/h3-36H,1-2H3,(H2,61,62,65,66,67,68). The third-order valence-electron chi connectivity index (χ3n) is 12.6. The van der Waals surface area contributed by atoms with Crippen LogP contribution in [-0.4, -0.2) is 23.3 Å². The summed E-state index contributed by atoms with van der Waals surface area (Å²) in [5, 5.41) is 29.0. The van der Waals surface area contributed by atoms with E-state index in [9.17, 15) is 19.5 Å². The van der Waals surface area contributed by atoms with E-state index < -0.39 is 11.5 Å². The van der Waals surface area contributed by atoms with Crippen molar-refractivity contribution < 1.29 is 19.5 Å². The summed E-state index contributed by atoms with van der Waals surface area (Å²) in [4.78, 5) is 42.4. The van der Waals surface area contributed by atoms with Gasteiger partial charge in [0.25, 0.3) is 0 Å². The van der Waals surface area contributed by atoms with Crippen LogP contribution in [0.2, 0.25) is 0 Å². The second-order valence-corrected chi connectivity index (χ2v) is 17.0. The highest BCUT2D eigenvalue weighted by Crippen LogP contribution is 2.45. The zero-order valence-corrected chi connectivity index (χ0v) is 37.2. The predicted molar refractivity (Wildman–Crippen MR) is 275 cm³/mol. The number of fused-ring (bicyclic) bond motifs is 4. The fourth-order valence-electron chi connectivity index (χ4n) is 9.41. The van der Waals surface area contributed by atoms with Crippen LogP contribution in [0.1, 0.15) is 19.4 Å². The van der Waals surface area contributed by atoms with Crippen LogP contribution in [0.3, 0.4) is 0 Å². The number of benzene rings is 9. The Morgan fingerprint density at radius 2 is 0.926 bits per heavy atom. The highest BCUT2D eigenvalue weighted by atomic mass is 16.3. The molecule has 8 nitrogen and oxygen atoms in total. The molecule has 2 amide bonds. The molecule has 0 saturated carbocycles. The van der Waals surface area contributed by atoms with Crippen molar-refractivity contribution in [2.24, 2.45) is 0 Å². The minimum atomic E-state index is -0.490. The third-order valence-corrected chi connectivity index (χ3v) is 12.6. The quantitative estimate of drug-likeness (QED) is 0.117. The minimum Gasteiger partial charge on any atom is -0.871 e. The molecule has 2 N–H and O–H groups in total. The Kier molecular flexibility index (Phi) is 10.4. The van der Waals surface area contributed by atoms with E-state index in [0.717, 1.165) is 65.8 Å². The molecule has 68 heavy (non-hydrogen) atoms. The van der Waals surface area contributed by atoms with Gasteiger partial charge < -0.3 is 20.6 Å². The highest BCUT2D eigenvalue weighted by Gasteiger charge is 2.35. The van der Waals surface area contributed by atoms with E-state index in [1.807, 2.05) is 60.7 Å². The van der Waals surface area contributed by atoms with Crippen molar-refractivity contribution in [3.8, 4) is 0 Å². The predicted octanol–water partition coefficient (Wildman–Crippen LogP) is 12.2. The van der Waals surface area contributed by atoms with Gasteiger partial charge >= 0.3 is 0 Å². The van der Waals surface area contributed by atoms with E-state index in [2.05, 4.69) is 141 Å². The van der Waals surface area contributed by atoms with Crippen molar-refractivity contribution in [3.63, 3.8) is 0 Å². The molecule has 0 saturated heterocycles. The highest BCUT2D eigenvalue weighted by molar-refractivity contribution is 6.40. The molecule has 9 aromatic carbocycles. The molecule has 0 atom stereocenters. The Hall–Kier alpha value is -9.14. The second-order valence-electron chi connectivity index (χ2n) is 17.0. The average Bonchev–Trinajstić information content (AvgIpc) is 3.35. The molecule has 2 aliphatic rings. The second kappa shape index (κ2) is 17.0. The van der Waals surface area contributed by atoms with Gasteiger partial charge in [-0.15, -0.1) is 0 Å². The Morgan fingerprint density at radius 1 is 0.485 bits per heavy atom. The van der Waals surface area contributed by atoms with Gasteiger partial charge in [0.2, 0.25) is 28.9 Å². The number of amides is 2. The lowest BCUT2D eigenvalue weighted by atomic mass is 9.78. The van der Waals surface area contributed by atoms with Crippen molar-refractivity contribution in [1.82, 2.24) is 9.89 Å². The molecule has 0 aliphatic heterocycles. The van der Waals surface area contributed by atoms with Gasteiger partial charge in [0.1, 0.15) is 0 Å². The first-order valence-electron chi connectivity index (χ1n) is 22.4. The molecule has 0 spiro atoms. The lowest BCUT2D eigenvalue weighted by Gasteiger charge is -2.34. The molecular formula is C60H42N4O4. The number of hydrogen-bond acceptors (Lipinski definition) is 5. The van der Waals surface area contributed by atoms with Crippen LogP contribution >= 0.6 is 0 Å². The summed E-state index contributed by atoms with van der Waals surface area (Å²) in [7, 11) is 0. The molecule has 0 aromatic heterocycles. The van der Waals surface area contributed by atoms with Gasteiger partial charge in [0.05, 0.1) is 11.4 Å². The monoisotopic (exact) mass is 882 g/mol. The molecule has 8 heteroatoms. The number of carbonyl (C=O) groups excluding carboxylic acids is 3. The number of carbonyl (C=O) groups is 3. The molecule has 0 unspecified atom stereocenters. The van der Waals surface area contributed by atoms with E-state index >= 15 is 0 Å². The summed E-state index contributed by atoms with van der Waals surface area (Å²) in [6, 6.07) is 63.0. The lowest BCUT2D eigenvalue weighted by Crippen LogP contribution is -2.33. The maximum Gasteiger partial charge on any atom is 0.221 e. The largest absolute Gasteiger partial charge is 0.871 e. The van der Waals surface area contributed by atoms with Crippen LogP contribution in [0.4, 0.5) is 34.1 Å². The molecule has 0 fully saturated rings. The average molecular weight is 883 g/mol. The Labute approximate surface area is 392 Å². The van der Waals surface area contributed by atoms with Gasteiger partial charge in [-0.3, -0.25) is 14.4 Å². The first-order chi connectivity index (χ1) is 33.2. The van der Waals surface area contributed by atoms with Crippen molar-refractivity contribution >= 4 is 106 Å². The van der Waals surface area contributed by atoms with Gasteiger partial charge in [-0.25, -0.2) is 0 Å². The van der Waals surface area contributed by atoms with Gasteiger partial charge in [-0.2, -0.15) is 4.58 Å². The van der Waals surface area contributed by atoms with Crippen LogP contribution in [0.25, 0.3) is 48.7 Å². The molecule has 11 rings (SSSR count). The molecule has 2 aliphatic carbocycles. The lowest BCUT2D eigenvalue weighted by molar-refractivity contribution is -0.297. The third kappa shape index (κ3) is 7.59. The van der Waals surface area contributed by atoms with E-state index in [1.165, 1.54) is 13.8 Å². The zero-order chi connectivity index (χ0) is 46.5. The molecule has 9 aromatic rings. The number of rotatable bonds is 8. The maximum atomic E-state index is 14.5. The summed E-state index contributed by atoms with van der Waals surface area (Å²) in [6.07, 6.45) is 5.39. The number of allylic oxidation sites excluding steroid dienone is 5. The number of nitrogens with zero attached hydrogens (tertiary/aromatic N) is 2. The van der Waals surface area contributed by atoms with Crippen molar-refractivity contribution in [3.05, 3.63) is 234 Å². The van der Waals surface area contributed by atoms with Crippen molar-refractivity contribution in [1.29, 1.82) is 0 Å². The van der Waals surface area contributed by atoms with Gasteiger partial charge in [0.15, 0.2) is 5.78 Å². The van der Waals surface area contributed by atoms with Gasteiger partial charge in [-0.05, 0) is 97.7 Å². The van der Waals surface area contributed by atoms with Crippen LogP contribution in [0.15, 0.2) is 229 Å². The molecular weight excluding hydrogens is 841 g/mol. The minimum absolute atomic E-state index is 0.0509. The zero-order valence-electron chi connectivity index (χ0n) is 37.2. The smallest absolute Gasteiger partial charge is 0.221 e. The fourth-order valence-corrected chi connectivity index (χ4v) is 9.41. The Morgan fingerprint density at radius 3 is 1.41 bits per heavy atom. The molecule has 326 valence electrons. The summed E-state index contributed by atoms with van der Waals surface area (Å²) in [5.74, 6) is -1.70. The molecule has 0 bridgehead atoms. The van der Waals surface area contributed by atoms with Crippen LogP contribution in [0, 0.1) is 0 Å². The van der Waals surface area contributed by atoms with Crippen LogP contribution in [0.5, 0.6) is 0 Å². The number of anilines is 4. The fraction of sp³-hybridized carbons (Fsp3) is 0.0333. The Bertz CT molecular complexity index is 3640. The van der Waals surface area contributed by atoms with E-state index in [1.54, 1.807) is 24.3 Å². The number of hydrogen-bond donors (Lipinski definition) is 2. The maximum absolute atomic E-state index is 14.5. The number of nitrogens with one attached hydrogen (secondary N) is 2. The Balaban J connectivity index is 1.03. The first-order valence-corrected chi connectivity index (χ1v) is 22.4. The normalized spacial score (nSPS) is 14.6. The van der Waals surface area contributed by atoms with Crippen molar-refractivity contribution in [2.45, 2.75) is 13.8 Å². The van der Waals surface area contributed by atoms with E-state index in [4.69, 9.17) is 0 Å². The van der Waals surface area contributed by atoms with Crippen LogP contribution < -0.4 is 25.2 Å². The number of ketones is 1. The molecule has 0 heterocycles. The summed E-state index contributed by atoms with van der Waals surface area (Å²) >= 11 is 0. The van der Waals surface area contributed by atoms with Gasteiger partial charge in [-0.1, -0.05) is 121 Å². The van der Waals surface area contributed by atoms with Crippen LogP contribution in [-0.2, 0) is 14.4 Å². The summed E-state index contributed by atoms with van der Waals surface area (Å²) < 4.78 is 2.10. The van der Waals surface area contributed by atoms with Gasteiger partial charge in [0, 0.05) is 89.6 Å². The first kappa shape index (κ1) is 41.6. The molecule has 0 radical (unpaired) electrons.